The molecule has 1 aromatic heterocycles. The summed E-state index contributed by atoms with van der Waals surface area (Å²) in [4.78, 5) is 35.8. The number of rotatable bonds is 14. The summed E-state index contributed by atoms with van der Waals surface area (Å²) >= 11 is 0. The summed E-state index contributed by atoms with van der Waals surface area (Å²) in [7, 11) is 1.97. The highest BCUT2D eigenvalue weighted by molar-refractivity contribution is 6.09. The van der Waals surface area contributed by atoms with Crippen LogP contribution in [0, 0.1) is 0 Å². The number of aryl methyl sites for hydroxylation is 1. The van der Waals surface area contributed by atoms with Gasteiger partial charge >= 0.3 is 0 Å². The lowest BCUT2D eigenvalue weighted by Crippen LogP contribution is -2.49. The fourth-order valence-corrected chi connectivity index (χ4v) is 5.79. The lowest BCUT2D eigenvalue weighted by molar-refractivity contribution is -0.123. The van der Waals surface area contributed by atoms with Crippen LogP contribution in [0.15, 0.2) is 96.2 Å². The molecule has 0 radical (unpaired) electrons. The topological polar surface area (TPSA) is 152 Å². The minimum Gasteiger partial charge on any atom is -0.370 e. The number of aromatic nitrogens is 2. The number of carbonyl (C=O) groups excluding carboxylic acids is 2. The van der Waals surface area contributed by atoms with Crippen molar-refractivity contribution in [3.8, 4) is 0 Å². The number of carbonyl (C=O) groups is 2. The Balaban J connectivity index is 1.30. The van der Waals surface area contributed by atoms with Crippen molar-refractivity contribution in [3.63, 3.8) is 0 Å². The number of amides is 2. The second kappa shape index (κ2) is 15.2. The quantitative estimate of drug-likeness (QED) is 0.0723. The fraction of sp³-hybridized carbons (Fsp3) is 0.278. The average Bonchev–Trinajstić information content (AvgIpc) is 3.46. The van der Waals surface area contributed by atoms with Crippen LogP contribution in [0.2, 0.25) is 0 Å². The molecule has 1 heterocycles. The zero-order valence-electron chi connectivity index (χ0n) is 26.4. The maximum Gasteiger partial charge on any atom is 0.252 e. The lowest BCUT2D eigenvalue weighted by Gasteiger charge is -2.22. The molecule has 0 aliphatic carbocycles. The molecule has 238 valence electrons. The summed E-state index contributed by atoms with van der Waals surface area (Å²) < 4.78 is 1.98. The molecular weight excluding hydrogens is 576 g/mol. The van der Waals surface area contributed by atoms with Gasteiger partial charge in [0, 0.05) is 44.1 Å². The third-order valence-electron chi connectivity index (χ3n) is 8.14. The van der Waals surface area contributed by atoms with E-state index in [1.807, 2.05) is 79.3 Å². The molecule has 5 aromatic rings. The first-order chi connectivity index (χ1) is 22.3. The van der Waals surface area contributed by atoms with Crippen LogP contribution in [-0.4, -0.2) is 46.0 Å². The van der Waals surface area contributed by atoms with E-state index in [1.165, 1.54) is 0 Å². The van der Waals surface area contributed by atoms with Crippen LogP contribution in [0.1, 0.15) is 47.1 Å². The molecule has 0 saturated heterocycles. The average molecular weight is 619 g/mol. The zero-order chi connectivity index (χ0) is 32.5. The Hall–Kier alpha value is -5.22. The molecule has 4 aromatic carbocycles. The van der Waals surface area contributed by atoms with E-state index in [2.05, 4.69) is 50.2 Å². The highest BCUT2D eigenvalue weighted by atomic mass is 16.2. The summed E-state index contributed by atoms with van der Waals surface area (Å²) in [5.74, 6) is 0.378. The van der Waals surface area contributed by atoms with Crippen LogP contribution < -0.4 is 27.4 Å². The van der Waals surface area contributed by atoms with E-state index in [4.69, 9.17) is 11.5 Å². The van der Waals surface area contributed by atoms with Crippen molar-refractivity contribution in [2.45, 2.75) is 51.4 Å². The summed E-state index contributed by atoms with van der Waals surface area (Å²) in [6, 6.07) is 25.1. The Morgan fingerprint density at radius 1 is 0.870 bits per heavy atom. The third kappa shape index (κ3) is 8.08. The molecule has 0 aliphatic heterocycles. The predicted octanol–water partition coefficient (Wildman–Crippen LogP) is 3.92. The number of nitrogens with zero attached hydrogens (tertiary/aromatic N) is 3. The normalized spacial score (nSPS) is 12.5. The highest BCUT2D eigenvalue weighted by Gasteiger charge is 2.24. The van der Waals surface area contributed by atoms with Gasteiger partial charge in [0.1, 0.15) is 11.9 Å². The van der Waals surface area contributed by atoms with Gasteiger partial charge in [0.15, 0.2) is 5.96 Å². The number of benzene rings is 4. The number of nitrogens with two attached hydrogens (primary N) is 2. The minimum atomic E-state index is -0.769. The second-order valence-corrected chi connectivity index (χ2v) is 11.6. The van der Waals surface area contributed by atoms with Crippen LogP contribution >= 0.6 is 0 Å². The van der Waals surface area contributed by atoms with Gasteiger partial charge in [0.25, 0.3) is 5.91 Å². The van der Waals surface area contributed by atoms with Gasteiger partial charge in [-0.3, -0.25) is 14.6 Å². The van der Waals surface area contributed by atoms with E-state index in [0.717, 1.165) is 38.5 Å². The van der Waals surface area contributed by atoms with Crippen LogP contribution in [0.4, 0.5) is 0 Å². The Kier molecular flexibility index (Phi) is 10.6. The summed E-state index contributed by atoms with van der Waals surface area (Å²) in [5, 5.41) is 13.7. The van der Waals surface area contributed by atoms with Gasteiger partial charge in [-0.1, -0.05) is 72.8 Å². The molecule has 0 saturated carbocycles. The van der Waals surface area contributed by atoms with Crippen molar-refractivity contribution >= 4 is 39.3 Å². The smallest absolute Gasteiger partial charge is 0.252 e. The van der Waals surface area contributed by atoms with Crippen LogP contribution in [0.3, 0.4) is 0 Å². The molecule has 46 heavy (non-hydrogen) atoms. The molecule has 1 unspecified atom stereocenters. The molecule has 0 bridgehead atoms. The van der Waals surface area contributed by atoms with Crippen molar-refractivity contribution < 1.29 is 9.59 Å². The highest BCUT2D eigenvalue weighted by Crippen LogP contribution is 2.24. The Morgan fingerprint density at radius 3 is 2.37 bits per heavy atom. The first kappa shape index (κ1) is 32.2. The van der Waals surface area contributed by atoms with E-state index in [9.17, 15) is 9.59 Å². The van der Waals surface area contributed by atoms with Gasteiger partial charge in [-0.15, -0.1) is 0 Å². The number of imidazole rings is 1. The molecule has 10 nitrogen and oxygen atoms in total. The first-order valence-electron chi connectivity index (χ1n) is 15.6. The van der Waals surface area contributed by atoms with Gasteiger partial charge in [-0.05, 0) is 64.9 Å². The van der Waals surface area contributed by atoms with E-state index in [-0.39, 0.29) is 23.8 Å². The maximum atomic E-state index is 13.8. The summed E-state index contributed by atoms with van der Waals surface area (Å²) in [5.41, 5.74) is 13.7. The van der Waals surface area contributed by atoms with E-state index < -0.39 is 6.04 Å². The van der Waals surface area contributed by atoms with E-state index in [0.29, 0.717) is 44.5 Å². The standard InChI is InChI=1S/C36H42N8O2/c1-24(21-26-11-7-10-25-9-3-4-12-28(25)26)42-35(46)32(15-8-18-41-36(37)38)43-34(45)31-17-16-27(29-13-5-6-14-30(29)31)22-39-23-33-40-19-20-44(33)2/h3-7,9-14,16-17,19-20,24,32,39H,8,15,18,21-23H2,1-2H3,(H,42,46)(H,43,45)(H4,37,38,41)/t24?,32-/m0/s1. The summed E-state index contributed by atoms with van der Waals surface area (Å²) in [6.07, 6.45) is 5.25. The van der Waals surface area contributed by atoms with E-state index in [1.54, 1.807) is 6.20 Å². The Bertz CT molecular complexity index is 1840. The van der Waals surface area contributed by atoms with Crippen molar-refractivity contribution in [1.82, 2.24) is 25.5 Å². The number of hydrogen-bond acceptors (Lipinski definition) is 5. The van der Waals surface area contributed by atoms with Crippen molar-refractivity contribution in [3.05, 3.63) is 114 Å². The molecule has 2 amide bonds. The monoisotopic (exact) mass is 618 g/mol. The number of nitrogens with one attached hydrogen (secondary N) is 3. The molecule has 0 fully saturated rings. The summed E-state index contributed by atoms with van der Waals surface area (Å²) in [6.45, 7) is 3.57. The predicted molar refractivity (Wildman–Crippen MR) is 184 cm³/mol. The Labute approximate surface area is 269 Å². The minimum absolute atomic E-state index is 0.00489. The van der Waals surface area contributed by atoms with Crippen molar-refractivity contribution in [2.75, 3.05) is 6.54 Å². The van der Waals surface area contributed by atoms with Crippen molar-refractivity contribution in [2.24, 2.45) is 23.5 Å². The van der Waals surface area contributed by atoms with Crippen LogP contribution in [0.25, 0.3) is 21.5 Å². The molecule has 2 atom stereocenters. The fourth-order valence-electron chi connectivity index (χ4n) is 5.79. The van der Waals surface area contributed by atoms with Gasteiger partial charge in [-0.25, -0.2) is 4.98 Å². The van der Waals surface area contributed by atoms with Gasteiger partial charge < -0.3 is 32.0 Å². The van der Waals surface area contributed by atoms with Crippen molar-refractivity contribution in [1.29, 1.82) is 0 Å². The number of aliphatic imine (C=N–C) groups is 1. The number of fused-ring (bicyclic) bond motifs is 2. The lowest BCUT2D eigenvalue weighted by atomic mass is 9.98. The molecule has 5 rings (SSSR count). The number of hydrogen-bond donors (Lipinski definition) is 5. The second-order valence-electron chi connectivity index (χ2n) is 11.6. The molecule has 10 heteroatoms. The SMILES string of the molecule is CC(Cc1cccc2ccccc12)NC(=O)[C@H](CCCN=C(N)N)NC(=O)c1ccc(CNCc2nccn2C)c2ccccc12. The van der Waals surface area contributed by atoms with Crippen LogP contribution in [-0.2, 0) is 31.4 Å². The molecular formula is C36H42N8O2. The first-order valence-corrected chi connectivity index (χ1v) is 15.6. The number of guanidine groups is 1. The van der Waals surface area contributed by atoms with E-state index >= 15 is 0 Å². The molecule has 7 N–H and O–H groups in total. The Morgan fingerprint density at radius 2 is 1.61 bits per heavy atom. The van der Waals surface area contributed by atoms with Crippen LogP contribution in [0.5, 0.6) is 0 Å². The molecule has 0 spiro atoms. The van der Waals surface area contributed by atoms with Gasteiger partial charge in [0.05, 0.1) is 6.54 Å². The zero-order valence-corrected chi connectivity index (χ0v) is 26.4. The van der Waals surface area contributed by atoms with Gasteiger partial charge in [-0.2, -0.15) is 0 Å². The third-order valence-corrected chi connectivity index (χ3v) is 8.14. The largest absolute Gasteiger partial charge is 0.370 e. The molecule has 0 aliphatic rings. The maximum absolute atomic E-state index is 13.8. The van der Waals surface area contributed by atoms with Gasteiger partial charge in [0.2, 0.25) is 5.91 Å².